The van der Waals surface area contributed by atoms with Crippen molar-refractivity contribution in [3.63, 3.8) is 0 Å². The standard InChI is InChI=1S/C22H24N4O5S/c1-4-26(5-2)32(29,30)17-11-13-20(31-16-9-7-6-8-10-16)19(15-17)23-22(28)18-12-14-21(27)25(3)24-18/h6-15H,4-5H2,1-3H3,(H,23,28). The molecule has 0 unspecified atom stereocenters. The van der Waals surface area contributed by atoms with E-state index in [1.807, 2.05) is 6.07 Å². The van der Waals surface area contributed by atoms with E-state index in [4.69, 9.17) is 4.74 Å². The molecule has 3 rings (SSSR count). The number of ether oxygens (including phenoxy) is 1. The first-order valence-corrected chi connectivity index (χ1v) is 11.4. The Balaban J connectivity index is 2.03. The van der Waals surface area contributed by atoms with E-state index in [2.05, 4.69) is 10.4 Å². The second-order valence-corrected chi connectivity index (χ2v) is 8.73. The van der Waals surface area contributed by atoms with Gasteiger partial charge in [0.1, 0.15) is 11.4 Å². The Kier molecular flexibility index (Phi) is 7.06. The van der Waals surface area contributed by atoms with Crippen LogP contribution in [0.15, 0.2) is 70.4 Å². The number of anilines is 1. The van der Waals surface area contributed by atoms with Gasteiger partial charge in [-0.25, -0.2) is 13.1 Å². The normalized spacial score (nSPS) is 11.4. The molecule has 1 N–H and O–H groups in total. The smallest absolute Gasteiger partial charge is 0.276 e. The number of hydrogen-bond acceptors (Lipinski definition) is 6. The van der Waals surface area contributed by atoms with Gasteiger partial charge in [0.05, 0.1) is 10.6 Å². The highest BCUT2D eigenvalue weighted by Crippen LogP contribution is 2.33. The predicted molar refractivity (Wildman–Crippen MR) is 120 cm³/mol. The second kappa shape index (κ2) is 9.75. The fourth-order valence-corrected chi connectivity index (χ4v) is 4.48. The molecule has 2 aromatic carbocycles. The molecule has 0 aliphatic carbocycles. The van der Waals surface area contributed by atoms with Crippen LogP contribution in [0.2, 0.25) is 0 Å². The molecule has 0 atom stereocenters. The SMILES string of the molecule is CCN(CC)S(=O)(=O)c1ccc(Oc2ccccc2)c(NC(=O)c2ccc(=O)n(C)n2)c1. The molecular weight excluding hydrogens is 432 g/mol. The summed E-state index contributed by atoms with van der Waals surface area (Å²) >= 11 is 0. The number of benzene rings is 2. The molecule has 168 valence electrons. The van der Waals surface area contributed by atoms with Crippen molar-refractivity contribution in [3.8, 4) is 11.5 Å². The first kappa shape index (κ1) is 23.2. The predicted octanol–water partition coefficient (Wildman–Crippen LogP) is 2.86. The molecule has 10 heteroatoms. The fraction of sp³-hybridized carbons (Fsp3) is 0.227. The van der Waals surface area contributed by atoms with Crippen LogP contribution in [0.1, 0.15) is 24.3 Å². The Morgan fingerprint density at radius 1 is 1.06 bits per heavy atom. The highest BCUT2D eigenvalue weighted by atomic mass is 32.2. The lowest BCUT2D eigenvalue weighted by molar-refractivity contribution is 0.101. The molecule has 1 heterocycles. The van der Waals surface area contributed by atoms with Gasteiger partial charge in [0.2, 0.25) is 10.0 Å². The molecule has 3 aromatic rings. The average Bonchev–Trinajstić information content (AvgIpc) is 2.78. The molecule has 0 aliphatic rings. The maximum absolute atomic E-state index is 13.0. The summed E-state index contributed by atoms with van der Waals surface area (Å²) in [6.07, 6.45) is 0. The number of nitrogens with zero attached hydrogens (tertiary/aromatic N) is 3. The summed E-state index contributed by atoms with van der Waals surface area (Å²) in [5, 5.41) is 6.59. The van der Waals surface area contributed by atoms with Crippen molar-refractivity contribution in [2.75, 3.05) is 18.4 Å². The van der Waals surface area contributed by atoms with Gasteiger partial charge in [-0.3, -0.25) is 9.59 Å². The summed E-state index contributed by atoms with van der Waals surface area (Å²) in [6, 6.07) is 15.7. The topological polar surface area (TPSA) is 111 Å². The molecule has 0 bridgehead atoms. The third kappa shape index (κ3) is 5.04. The third-order valence-electron chi connectivity index (χ3n) is 4.71. The number of aryl methyl sites for hydroxylation is 1. The number of sulfonamides is 1. The zero-order valence-corrected chi connectivity index (χ0v) is 18.8. The van der Waals surface area contributed by atoms with Crippen molar-refractivity contribution in [2.45, 2.75) is 18.7 Å². The second-order valence-electron chi connectivity index (χ2n) is 6.80. The highest BCUT2D eigenvalue weighted by Gasteiger charge is 2.24. The van der Waals surface area contributed by atoms with E-state index in [0.717, 1.165) is 4.68 Å². The van der Waals surface area contributed by atoms with Gasteiger partial charge >= 0.3 is 0 Å². The number of carbonyl (C=O) groups excluding carboxylic acids is 1. The number of rotatable bonds is 8. The monoisotopic (exact) mass is 456 g/mol. The van der Waals surface area contributed by atoms with Crippen molar-refractivity contribution >= 4 is 21.6 Å². The molecule has 32 heavy (non-hydrogen) atoms. The van der Waals surface area contributed by atoms with E-state index in [9.17, 15) is 18.0 Å². The molecule has 0 radical (unpaired) electrons. The van der Waals surface area contributed by atoms with E-state index >= 15 is 0 Å². The van der Waals surface area contributed by atoms with Gasteiger partial charge in [0, 0.05) is 26.2 Å². The fourth-order valence-electron chi connectivity index (χ4n) is 2.99. The van der Waals surface area contributed by atoms with Crippen LogP contribution in [0.3, 0.4) is 0 Å². The van der Waals surface area contributed by atoms with E-state index < -0.39 is 15.9 Å². The van der Waals surface area contributed by atoms with Crippen LogP contribution in [0, 0.1) is 0 Å². The van der Waals surface area contributed by atoms with Crippen LogP contribution in [0.5, 0.6) is 11.5 Å². The molecule has 9 nitrogen and oxygen atoms in total. The average molecular weight is 457 g/mol. The zero-order chi connectivity index (χ0) is 23.3. The molecule has 0 spiro atoms. The lowest BCUT2D eigenvalue weighted by atomic mass is 10.2. The minimum Gasteiger partial charge on any atom is -0.455 e. The minimum atomic E-state index is -3.76. The molecule has 1 aromatic heterocycles. The summed E-state index contributed by atoms with van der Waals surface area (Å²) in [6.45, 7) is 4.12. The molecule has 1 amide bonds. The van der Waals surface area contributed by atoms with Gasteiger partial charge in [-0.15, -0.1) is 0 Å². The Morgan fingerprint density at radius 2 is 1.75 bits per heavy atom. The van der Waals surface area contributed by atoms with Gasteiger partial charge in [-0.05, 0) is 36.4 Å². The molecule has 0 aliphatic heterocycles. The summed E-state index contributed by atoms with van der Waals surface area (Å²) in [4.78, 5) is 24.4. The van der Waals surface area contributed by atoms with Crippen LogP contribution >= 0.6 is 0 Å². The van der Waals surface area contributed by atoms with Gasteiger partial charge in [0.25, 0.3) is 11.5 Å². The van der Waals surface area contributed by atoms with Crippen LogP contribution in [-0.2, 0) is 17.1 Å². The quantitative estimate of drug-likeness (QED) is 0.558. The van der Waals surface area contributed by atoms with E-state index in [0.29, 0.717) is 18.8 Å². The first-order chi connectivity index (χ1) is 15.3. The van der Waals surface area contributed by atoms with Gasteiger partial charge in [-0.1, -0.05) is 32.0 Å². The van der Waals surface area contributed by atoms with Crippen molar-refractivity contribution in [3.05, 3.63) is 76.7 Å². The number of hydrogen-bond donors (Lipinski definition) is 1. The largest absolute Gasteiger partial charge is 0.455 e. The van der Waals surface area contributed by atoms with E-state index in [1.165, 1.54) is 41.7 Å². The molecule has 0 saturated heterocycles. The van der Waals surface area contributed by atoms with Crippen molar-refractivity contribution in [1.82, 2.24) is 14.1 Å². The lowest BCUT2D eigenvalue weighted by Crippen LogP contribution is -2.30. The Bertz CT molecular complexity index is 1270. The Morgan fingerprint density at radius 3 is 2.38 bits per heavy atom. The number of carbonyl (C=O) groups is 1. The summed E-state index contributed by atoms with van der Waals surface area (Å²) in [5.41, 5.74) is -0.209. The van der Waals surface area contributed by atoms with Crippen LogP contribution in [0.25, 0.3) is 0 Å². The number of amides is 1. The number of para-hydroxylation sites is 1. The lowest BCUT2D eigenvalue weighted by Gasteiger charge is -2.20. The molecular formula is C22H24N4O5S. The number of aromatic nitrogens is 2. The van der Waals surface area contributed by atoms with Crippen molar-refractivity contribution < 1.29 is 17.9 Å². The summed E-state index contributed by atoms with van der Waals surface area (Å²) < 4.78 is 34.2. The van der Waals surface area contributed by atoms with E-state index in [-0.39, 0.29) is 27.6 Å². The van der Waals surface area contributed by atoms with Crippen LogP contribution < -0.4 is 15.6 Å². The Hall–Kier alpha value is -3.50. The summed E-state index contributed by atoms with van der Waals surface area (Å²) in [5.74, 6) is 0.159. The minimum absolute atomic E-state index is 0.00485. The molecule has 0 saturated carbocycles. The summed E-state index contributed by atoms with van der Waals surface area (Å²) in [7, 11) is -2.33. The first-order valence-electron chi connectivity index (χ1n) is 9.99. The zero-order valence-electron chi connectivity index (χ0n) is 18.0. The highest BCUT2D eigenvalue weighted by molar-refractivity contribution is 7.89. The van der Waals surface area contributed by atoms with Gasteiger partial charge in [-0.2, -0.15) is 9.40 Å². The van der Waals surface area contributed by atoms with Crippen molar-refractivity contribution in [1.29, 1.82) is 0 Å². The van der Waals surface area contributed by atoms with Gasteiger partial charge in [0.15, 0.2) is 5.75 Å². The van der Waals surface area contributed by atoms with Crippen LogP contribution in [0.4, 0.5) is 5.69 Å². The Labute approximate surface area is 186 Å². The van der Waals surface area contributed by atoms with Crippen LogP contribution in [-0.4, -0.2) is 41.5 Å². The molecule has 0 fully saturated rings. The number of nitrogens with one attached hydrogen (secondary N) is 1. The maximum Gasteiger partial charge on any atom is 0.276 e. The maximum atomic E-state index is 13.0. The third-order valence-corrected chi connectivity index (χ3v) is 6.75. The van der Waals surface area contributed by atoms with Gasteiger partial charge < -0.3 is 10.1 Å². The van der Waals surface area contributed by atoms with E-state index in [1.54, 1.807) is 38.1 Å². The van der Waals surface area contributed by atoms with Crippen molar-refractivity contribution in [2.24, 2.45) is 7.05 Å².